The van der Waals surface area contributed by atoms with E-state index in [9.17, 15) is 9.18 Å². The van der Waals surface area contributed by atoms with Crippen molar-refractivity contribution in [1.82, 2.24) is 4.57 Å². The molecular weight excluding hydrogens is 264 g/mol. The van der Waals surface area contributed by atoms with Crippen LogP contribution in [0.25, 0.3) is 11.1 Å². The quantitative estimate of drug-likeness (QED) is 0.736. The highest BCUT2D eigenvalue weighted by atomic mass is 19.1. The van der Waals surface area contributed by atoms with Crippen LogP contribution >= 0.6 is 0 Å². The number of hydrogen-bond donors (Lipinski definition) is 0. The van der Waals surface area contributed by atoms with Crippen LogP contribution in [0.2, 0.25) is 0 Å². The van der Waals surface area contributed by atoms with Crippen LogP contribution in [0.5, 0.6) is 0 Å². The summed E-state index contributed by atoms with van der Waals surface area (Å²) >= 11 is 0. The van der Waals surface area contributed by atoms with Gasteiger partial charge in [-0.1, -0.05) is 0 Å². The molecule has 0 saturated carbocycles. The van der Waals surface area contributed by atoms with Gasteiger partial charge in [0, 0.05) is 13.7 Å². The maximum Gasteiger partial charge on any atom is 0.494 e. The molecule has 106 valence electrons. The first-order valence-corrected chi connectivity index (χ1v) is 6.46. The highest BCUT2D eigenvalue weighted by Gasteiger charge is 2.35. The number of oxazole rings is 1. The summed E-state index contributed by atoms with van der Waals surface area (Å²) in [6, 6.07) is 2.95. The van der Waals surface area contributed by atoms with Crippen molar-refractivity contribution in [3.05, 3.63) is 28.5 Å². The summed E-state index contributed by atoms with van der Waals surface area (Å²) in [5.74, 6) is -1.19. The Hall–Kier alpha value is -1.60. The van der Waals surface area contributed by atoms with E-state index in [4.69, 9.17) is 13.7 Å². The molecule has 20 heavy (non-hydrogen) atoms. The van der Waals surface area contributed by atoms with Crippen LogP contribution in [0.15, 0.2) is 21.3 Å². The van der Waals surface area contributed by atoms with Crippen LogP contribution in [0.3, 0.4) is 0 Å². The van der Waals surface area contributed by atoms with Crippen LogP contribution in [-0.2, 0) is 16.4 Å². The molecule has 0 amide bonds. The van der Waals surface area contributed by atoms with Gasteiger partial charge in [0.05, 0.1) is 11.1 Å². The summed E-state index contributed by atoms with van der Waals surface area (Å²) in [5.41, 5.74) is 0.562. The fourth-order valence-electron chi connectivity index (χ4n) is 2.30. The molecule has 1 aromatic heterocycles. The summed E-state index contributed by atoms with van der Waals surface area (Å²) in [4.78, 5) is 11.4. The fraction of sp³-hybridized carbons (Fsp3) is 0.462. The van der Waals surface area contributed by atoms with Gasteiger partial charge in [-0.05, 0) is 37.9 Å². The molecular formula is C13H15BFNO4. The van der Waals surface area contributed by atoms with Crippen LogP contribution in [-0.4, -0.2) is 23.9 Å². The molecule has 2 heterocycles. The Morgan fingerprint density at radius 1 is 1.40 bits per heavy atom. The van der Waals surface area contributed by atoms with Gasteiger partial charge in [0.25, 0.3) is 0 Å². The lowest BCUT2D eigenvalue weighted by atomic mass is 9.76. The highest BCUT2D eigenvalue weighted by molar-refractivity contribution is 6.61. The van der Waals surface area contributed by atoms with Gasteiger partial charge in [0.15, 0.2) is 11.4 Å². The molecule has 1 aromatic carbocycles. The van der Waals surface area contributed by atoms with E-state index in [1.807, 2.05) is 13.8 Å². The van der Waals surface area contributed by atoms with Gasteiger partial charge in [-0.15, -0.1) is 0 Å². The number of nitrogens with zero attached hydrogens (tertiary/aromatic N) is 1. The molecule has 0 atom stereocenters. The highest BCUT2D eigenvalue weighted by Crippen LogP contribution is 2.22. The van der Waals surface area contributed by atoms with Crippen LogP contribution < -0.4 is 11.2 Å². The van der Waals surface area contributed by atoms with Crippen LogP contribution in [0.1, 0.15) is 20.3 Å². The monoisotopic (exact) mass is 279 g/mol. The number of aromatic nitrogens is 1. The van der Waals surface area contributed by atoms with Crippen molar-refractivity contribution in [2.24, 2.45) is 7.05 Å². The zero-order valence-corrected chi connectivity index (χ0v) is 11.6. The number of benzene rings is 1. The molecule has 0 unspecified atom stereocenters. The summed E-state index contributed by atoms with van der Waals surface area (Å²) in [5, 5.41) is 0. The number of fused-ring (bicyclic) bond motifs is 1. The normalized spacial score (nSPS) is 18.7. The zero-order valence-electron chi connectivity index (χ0n) is 11.6. The van der Waals surface area contributed by atoms with E-state index in [0.29, 0.717) is 17.6 Å². The molecule has 0 bridgehead atoms. The van der Waals surface area contributed by atoms with E-state index in [-0.39, 0.29) is 11.2 Å². The van der Waals surface area contributed by atoms with Gasteiger partial charge < -0.3 is 13.7 Å². The standard InChI is InChI=1S/C13H15BFNO4/c1-13(2)4-5-18-14(20-13)8-6-9(15)11-10(7-8)16(3)12(17)19-11/h6-7H,4-5H2,1-3H3. The molecule has 7 heteroatoms. The maximum absolute atomic E-state index is 14.0. The molecule has 1 fully saturated rings. The van der Waals surface area contributed by atoms with Crippen molar-refractivity contribution in [3.63, 3.8) is 0 Å². The minimum atomic E-state index is -0.636. The van der Waals surface area contributed by atoms with Gasteiger partial charge in [0.1, 0.15) is 0 Å². The minimum Gasteiger partial charge on any atom is -0.407 e. The molecule has 0 radical (unpaired) electrons. The molecule has 0 aliphatic carbocycles. The second kappa shape index (κ2) is 4.46. The molecule has 1 aliphatic rings. The summed E-state index contributed by atoms with van der Waals surface area (Å²) < 4.78 is 31.5. The first-order valence-electron chi connectivity index (χ1n) is 6.46. The zero-order chi connectivity index (χ0) is 14.5. The summed E-state index contributed by atoms with van der Waals surface area (Å²) in [6.45, 7) is 4.47. The van der Waals surface area contributed by atoms with Crippen LogP contribution in [0.4, 0.5) is 4.39 Å². The van der Waals surface area contributed by atoms with E-state index in [0.717, 1.165) is 6.42 Å². The first kappa shape index (κ1) is 13.4. The Morgan fingerprint density at radius 2 is 2.15 bits per heavy atom. The van der Waals surface area contributed by atoms with Gasteiger partial charge in [-0.2, -0.15) is 0 Å². The van der Waals surface area contributed by atoms with Crippen molar-refractivity contribution in [2.75, 3.05) is 6.61 Å². The SMILES string of the molecule is Cn1c(=O)oc2c(F)cc(B3OCCC(C)(C)O3)cc21. The predicted octanol–water partition coefficient (Wildman–Crippen LogP) is 1.18. The number of rotatable bonds is 1. The lowest BCUT2D eigenvalue weighted by Gasteiger charge is -2.34. The Kier molecular flexibility index (Phi) is 2.99. The summed E-state index contributed by atoms with van der Waals surface area (Å²) in [6.07, 6.45) is 0.776. The minimum absolute atomic E-state index is 0.0451. The molecule has 2 aromatic rings. The second-order valence-corrected chi connectivity index (χ2v) is 5.61. The Morgan fingerprint density at radius 3 is 2.85 bits per heavy atom. The third kappa shape index (κ3) is 2.17. The van der Waals surface area contributed by atoms with E-state index in [1.54, 1.807) is 6.07 Å². The van der Waals surface area contributed by atoms with Gasteiger partial charge in [0.2, 0.25) is 0 Å². The molecule has 1 saturated heterocycles. The van der Waals surface area contributed by atoms with E-state index < -0.39 is 18.7 Å². The van der Waals surface area contributed by atoms with E-state index in [1.165, 1.54) is 17.7 Å². The second-order valence-electron chi connectivity index (χ2n) is 5.61. The first-order chi connectivity index (χ1) is 9.37. The molecule has 1 aliphatic heterocycles. The van der Waals surface area contributed by atoms with Crippen molar-refractivity contribution in [2.45, 2.75) is 25.9 Å². The molecule has 5 nitrogen and oxygen atoms in total. The van der Waals surface area contributed by atoms with Crippen molar-refractivity contribution in [1.29, 1.82) is 0 Å². The van der Waals surface area contributed by atoms with E-state index in [2.05, 4.69) is 0 Å². The van der Waals surface area contributed by atoms with Crippen molar-refractivity contribution >= 4 is 23.7 Å². The number of halogens is 1. The van der Waals surface area contributed by atoms with Crippen molar-refractivity contribution in [3.8, 4) is 0 Å². The average Bonchev–Trinajstić information content (AvgIpc) is 2.66. The molecule has 3 rings (SSSR count). The number of hydrogen-bond acceptors (Lipinski definition) is 4. The molecule has 0 N–H and O–H groups in total. The Labute approximate surface area is 115 Å². The predicted molar refractivity (Wildman–Crippen MR) is 72.5 cm³/mol. The Balaban J connectivity index is 2.08. The summed E-state index contributed by atoms with van der Waals surface area (Å²) in [7, 11) is 0.895. The Bertz CT molecular complexity index is 721. The van der Waals surface area contributed by atoms with Crippen molar-refractivity contribution < 1.29 is 18.1 Å². The lowest BCUT2D eigenvalue weighted by Crippen LogP contribution is -2.49. The third-order valence-electron chi connectivity index (χ3n) is 3.54. The van der Waals surface area contributed by atoms with E-state index >= 15 is 0 Å². The van der Waals surface area contributed by atoms with Crippen LogP contribution in [0, 0.1) is 5.82 Å². The fourth-order valence-corrected chi connectivity index (χ4v) is 2.30. The van der Waals surface area contributed by atoms with Gasteiger partial charge >= 0.3 is 12.9 Å². The topological polar surface area (TPSA) is 53.6 Å². The average molecular weight is 279 g/mol. The lowest BCUT2D eigenvalue weighted by molar-refractivity contribution is 0.0108. The molecule has 0 spiro atoms. The smallest absolute Gasteiger partial charge is 0.407 e. The van der Waals surface area contributed by atoms with Gasteiger partial charge in [-0.25, -0.2) is 9.18 Å². The number of aryl methyl sites for hydroxylation is 1. The largest absolute Gasteiger partial charge is 0.494 e. The van der Waals surface area contributed by atoms with Gasteiger partial charge in [-0.3, -0.25) is 4.57 Å². The third-order valence-corrected chi connectivity index (χ3v) is 3.54. The maximum atomic E-state index is 14.0.